The van der Waals surface area contributed by atoms with Crippen molar-refractivity contribution in [1.82, 2.24) is 4.90 Å². The van der Waals surface area contributed by atoms with Crippen LogP contribution in [0.3, 0.4) is 0 Å². The van der Waals surface area contributed by atoms with Gasteiger partial charge in [-0.1, -0.05) is 0 Å². The van der Waals surface area contributed by atoms with Gasteiger partial charge in [0.1, 0.15) is 11.5 Å². The highest BCUT2D eigenvalue weighted by atomic mass is 79.9. The summed E-state index contributed by atoms with van der Waals surface area (Å²) in [7, 11) is 2.08. The predicted octanol–water partition coefficient (Wildman–Crippen LogP) is 3.93. The molecule has 0 radical (unpaired) electrons. The molecule has 19 heavy (non-hydrogen) atoms. The maximum Gasteiger partial charge on any atom is 0.122 e. The predicted molar refractivity (Wildman–Crippen MR) is 83.3 cm³/mol. The van der Waals surface area contributed by atoms with E-state index in [1.807, 2.05) is 26.0 Å². The molecule has 0 fully saturated rings. The van der Waals surface area contributed by atoms with Crippen LogP contribution in [0.15, 0.2) is 31.8 Å². The van der Waals surface area contributed by atoms with Gasteiger partial charge in [-0.2, -0.15) is 0 Å². The lowest BCUT2D eigenvalue weighted by atomic mass is 10.1. The zero-order valence-electron chi connectivity index (χ0n) is 11.4. The Morgan fingerprint density at radius 3 is 2.68 bits per heavy atom. The van der Waals surface area contributed by atoms with Crippen LogP contribution in [-0.2, 0) is 6.54 Å². The van der Waals surface area contributed by atoms with Crippen LogP contribution in [0.4, 0.5) is 0 Å². The number of hydrogen-bond acceptors (Lipinski definition) is 4. The maximum absolute atomic E-state index is 6.13. The van der Waals surface area contributed by atoms with Crippen LogP contribution in [0.1, 0.15) is 30.0 Å². The third-order valence-electron chi connectivity index (χ3n) is 3.08. The van der Waals surface area contributed by atoms with E-state index >= 15 is 0 Å². The van der Waals surface area contributed by atoms with Crippen molar-refractivity contribution in [2.75, 3.05) is 7.05 Å². The van der Waals surface area contributed by atoms with E-state index < -0.39 is 0 Å². The van der Waals surface area contributed by atoms with E-state index in [1.165, 1.54) is 5.56 Å². The minimum Gasteiger partial charge on any atom is -0.465 e. The van der Waals surface area contributed by atoms with E-state index in [0.717, 1.165) is 21.9 Å². The van der Waals surface area contributed by atoms with Crippen LogP contribution < -0.4 is 5.73 Å². The minimum absolute atomic E-state index is 0.0117. The summed E-state index contributed by atoms with van der Waals surface area (Å²) in [6, 6.07) is 6.25. The summed E-state index contributed by atoms with van der Waals surface area (Å²) < 4.78 is 6.90. The monoisotopic (exact) mass is 342 g/mol. The van der Waals surface area contributed by atoms with Crippen molar-refractivity contribution in [2.45, 2.75) is 32.5 Å². The van der Waals surface area contributed by atoms with Crippen molar-refractivity contribution < 1.29 is 4.42 Å². The highest BCUT2D eigenvalue weighted by Gasteiger charge is 2.24. The van der Waals surface area contributed by atoms with Gasteiger partial charge < -0.3 is 10.2 Å². The molecule has 0 saturated carbocycles. The Balaban J connectivity index is 2.15. The lowest BCUT2D eigenvalue weighted by Gasteiger charge is -2.29. The van der Waals surface area contributed by atoms with Gasteiger partial charge in [-0.15, -0.1) is 11.3 Å². The van der Waals surface area contributed by atoms with Crippen molar-refractivity contribution in [3.63, 3.8) is 0 Å². The van der Waals surface area contributed by atoms with Gasteiger partial charge in [0.15, 0.2) is 0 Å². The van der Waals surface area contributed by atoms with Crippen molar-refractivity contribution in [1.29, 1.82) is 0 Å². The van der Waals surface area contributed by atoms with E-state index in [2.05, 4.69) is 39.3 Å². The first kappa shape index (κ1) is 14.8. The molecular formula is C14H19BrN2OS. The summed E-state index contributed by atoms with van der Waals surface area (Å²) in [6.07, 6.45) is 0. The summed E-state index contributed by atoms with van der Waals surface area (Å²) in [5.41, 5.74) is 7.41. The normalized spacial score (nSPS) is 14.8. The highest BCUT2D eigenvalue weighted by molar-refractivity contribution is 9.11. The Labute approximate surface area is 126 Å². The first-order valence-corrected chi connectivity index (χ1v) is 7.89. The zero-order chi connectivity index (χ0) is 14.0. The van der Waals surface area contributed by atoms with Crippen molar-refractivity contribution in [3.05, 3.63) is 44.4 Å². The van der Waals surface area contributed by atoms with Crippen molar-refractivity contribution in [2.24, 2.45) is 5.73 Å². The molecule has 2 unspecified atom stereocenters. The summed E-state index contributed by atoms with van der Waals surface area (Å²) in [5.74, 6) is 1.86. The van der Waals surface area contributed by atoms with Crippen molar-refractivity contribution in [3.8, 4) is 0 Å². The lowest BCUT2D eigenvalue weighted by molar-refractivity contribution is 0.183. The Kier molecular flexibility index (Phi) is 4.84. The second kappa shape index (κ2) is 6.22. The van der Waals surface area contributed by atoms with Gasteiger partial charge in [0.05, 0.1) is 9.83 Å². The molecule has 0 amide bonds. The number of hydrogen-bond donors (Lipinski definition) is 1. The van der Waals surface area contributed by atoms with Crippen molar-refractivity contribution >= 4 is 27.3 Å². The number of halogens is 1. The fraction of sp³-hybridized carbons (Fsp3) is 0.429. The standard InChI is InChI=1S/C14H19BrN2OS/c1-9-4-5-12(18-9)14(10(2)16)17(3)7-11-6-13(15)19-8-11/h4-6,8,10,14H,7,16H2,1-3H3. The van der Waals surface area contributed by atoms with E-state index in [1.54, 1.807) is 11.3 Å². The molecule has 0 spiro atoms. The molecule has 2 heterocycles. The Morgan fingerprint density at radius 2 is 2.21 bits per heavy atom. The van der Waals surface area contributed by atoms with Gasteiger partial charge in [0.25, 0.3) is 0 Å². The second-order valence-electron chi connectivity index (χ2n) is 4.93. The average molecular weight is 343 g/mol. The number of rotatable bonds is 5. The molecule has 2 aromatic rings. The molecule has 2 N–H and O–H groups in total. The molecule has 0 bridgehead atoms. The van der Waals surface area contributed by atoms with E-state index in [-0.39, 0.29) is 12.1 Å². The van der Waals surface area contributed by atoms with Gasteiger partial charge >= 0.3 is 0 Å². The number of nitrogens with zero attached hydrogens (tertiary/aromatic N) is 1. The molecule has 0 saturated heterocycles. The molecule has 2 aromatic heterocycles. The number of aryl methyl sites for hydroxylation is 1. The minimum atomic E-state index is 0.0117. The zero-order valence-corrected chi connectivity index (χ0v) is 13.8. The van der Waals surface area contributed by atoms with E-state index in [0.29, 0.717) is 0 Å². The first-order chi connectivity index (χ1) is 8.97. The summed E-state index contributed by atoms with van der Waals surface area (Å²) in [4.78, 5) is 2.23. The van der Waals surface area contributed by atoms with Gasteiger partial charge in [-0.25, -0.2) is 0 Å². The smallest absolute Gasteiger partial charge is 0.122 e. The second-order valence-corrected chi connectivity index (χ2v) is 7.22. The Hall–Kier alpha value is -0.620. The number of furan rings is 1. The Morgan fingerprint density at radius 1 is 1.47 bits per heavy atom. The summed E-state index contributed by atoms with van der Waals surface area (Å²) in [5, 5.41) is 2.16. The molecule has 104 valence electrons. The molecule has 3 nitrogen and oxygen atoms in total. The SMILES string of the molecule is Cc1ccc(C(C(C)N)N(C)Cc2csc(Br)c2)o1. The summed E-state index contributed by atoms with van der Waals surface area (Å²) in [6.45, 7) is 4.83. The molecule has 0 aliphatic heterocycles. The van der Waals surface area contributed by atoms with Crippen LogP contribution >= 0.6 is 27.3 Å². The van der Waals surface area contributed by atoms with Crippen LogP contribution in [0.2, 0.25) is 0 Å². The molecule has 0 aromatic carbocycles. The molecule has 2 rings (SSSR count). The molecular weight excluding hydrogens is 324 g/mol. The molecule has 0 aliphatic rings. The van der Waals surface area contributed by atoms with Crippen LogP contribution in [0.5, 0.6) is 0 Å². The van der Waals surface area contributed by atoms with Gasteiger partial charge in [-0.05, 0) is 66.0 Å². The highest BCUT2D eigenvalue weighted by Crippen LogP contribution is 2.28. The fourth-order valence-corrected chi connectivity index (χ4v) is 3.51. The largest absolute Gasteiger partial charge is 0.465 e. The van der Waals surface area contributed by atoms with E-state index in [4.69, 9.17) is 10.2 Å². The third kappa shape index (κ3) is 3.69. The molecule has 0 aliphatic carbocycles. The van der Waals surface area contributed by atoms with Gasteiger partial charge in [0.2, 0.25) is 0 Å². The summed E-state index contributed by atoms with van der Waals surface area (Å²) >= 11 is 5.19. The third-order valence-corrected chi connectivity index (χ3v) is 4.63. The Bertz CT molecular complexity index is 535. The lowest BCUT2D eigenvalue weighted by Crippen LogP contribution is -2.36. The average Bonchev–Trinajstić information content (AvgIpc) is 2.88. The number of thiophene rings is 1. The van der Waals surface area contributed by atoms with Crippen LogP contribution in [0, 0.1) is 6.92 Å². The van der Waals surface area contributed by atoms with E-state index in [9.17, 15) is 0 Å². The maximum atomic E-state index is 6.13. The van der Waals surface area contributed by atoms with Gasteiger partial charge in [-0.3, -0.25) is 4.90 Å². The van der Waals surface area contributed by atoms with Gasteiger partial charge in [0, 0.05) is 12.6 Å². The fourth-order valence-electron chi connectivity index (χ4n) is 2.31. The number of nitrogens with two attached hydrogens (primary N) is 1. The first-order valence-electron chi connectivity index (χ1n) is 6.22. The quantitative estimate of drug-likeness (QED) is 0.894. The molecule has 2 atom stereocenters. The number of likely N-dealkylation sites (N-methyl/N-ethyl adjacent to an activating group) is 1. The van der Waals surface area contributed by atoms with Crippen LogP contribution in [-0.4, -0.2) is 18.0 Å². The van der Waals surface area contributed by atoms with Crippen LogP contribution in [0.25, 0.3) is 0 Å². The molecule has 5 heteroatoms. The topological polar surface area (TPSA) is 42.4 Å².